The van der Waals surface area contributed by atoms with Gasteiger partial charge in [-0.05, 0) is 19.8 Å². The van der Waals surface area contributed by atoms with Gasteiger partial charge in [0, 0.05) is 18.8 Å². The van der Waals surface area contributed by atoms with Crippen molar-refractivity contribution in [1.29, 1.82) is 0 Å². The first-order valence-electron chi connectivity index (χ1n) is 6.60. The molecule has 20 heavy (non-hydrogen) atoms. The summed E-state index contributed by atoms with van der Waals surface area (Å²) in [5.74, 6) is -1.04. The molecule has 0 aliphatic heterocycles. The molecule has 0 aromatic heterocycles. The van der Waals surface area contributed by atoms with E-state index in [4.69, 9.17) is 0 Å². The highest BCUT2D eigenvalue weighted by Crippen LogP contribution is 2.37. The first kappa shape index (κ1) is 16.7. The lowest BCUT2D eigenvalue weighted by atomic mass is 9.86. The van der Waals surface area contributed by atoms with Crippen LogP contribution in [0.15, 0.2) is 0 Å². The number of urea groups is 1. The predicted octanol–water partition coefficient (Wildman–Crippen LogP) is 0.364. The van der Waals surface area contributed by atoms with Crippen molar-refractivity contribution in [1.82, 2.24) is 10.6 Å². The van der Waals surface area contributed by atoms with Gasteiger partial charge in [0.25, 0.3) is 0 Å². The lowest BCUT2D eigenvalue weighted by molar-refractivity contribution is -0.148. The normalized spacial score (nSPS) is 19.3. The van der Waals surface area contributed by atoms with Crippen molar-refractivity contribution in [2.24, 2.45) is 5.41 Å². The molecule has 0 aromatic rings. The number of carboxylic acid groups (broad SMARTS) is 1. The van der Waals surface area contributed by atoms with Crippen LogP contribution in [0, 0.1) is 5.41 Å². The highest BCUT2D eigenvalue weighted by atomic mass is 32.2. The fourth-order valence-corrected chi connectivity index (χ4v) is 3.53. The second-order valence-corrected chi connectivity index (χ2v) is 7.80. The van der Waals surface area contributed by atoms with E-state index in [1.807, 2.05) is 0 Å². The molecular weight excluding hydrogens is 284 g/mol. The zero-order valence-corrected chi connectivity index (χ0v) is 12.6. The summed E-state index contributed by atoms with van der Waals surface area (Å²) in [4.78, 5) is 22.9. The largest absolute Gasteiger partial charge is 0.481 e. The van der Waals surface area contributed by atoms with E-state index in [1.165, 1.54) is 0 Å². The van der Waals surface area contributed by atoms with E-state index in [1.54, 1.807) is 6.92 Å². The molecule has 2 amide bonds. The first-order valence-corrected chi connectivity index (χ1v) is 8.66. The zero-order chi connectivity index (χ0) is 15.4. The van der Waals surface area contributed by atoms with Gasteiger partial charge in [0.05, 0.1) is 11.2 Å². The third-order valence-corrected chi connectivity index (χ3v) is 4.64. The van der Waals surface area contributed by atoms with Gasteiger partial charge < -0.3 is 15.7 Å². The number of hydrogen-bond donors (Lipinski definition) is 3. The molecule has 3 N–H and O–H groups in total. The molecule has 1 aliphatic carbocycles. The Bertz CT molecular complexity index is 468. The van der Waals surface area contributed by atoms with Gasteiger partial charge in [-0.25, -0.2) is 13.2 Å². The quantitative estimate of drug-likeness (QED) is 0.656. The lowest BCUT2D eigenvalue weighted by Gasteiger charge is -2.24. The van der Waals surface area contributed by atoms with E-state index in [-0.39, 0.29) is 12.3 Å². The Morgan fingerprint density at radius 2 is 1.85 bits per heavy atom. The second kappa shape index (κ2) is 6.43. The molecule has 1 fully saturated rings. The number of sulfone groups is 1. The average Bonchev–Trinajstić information content (AvgIpc) is 2.73. The summed E-state index contributed by atoms with van der Waals surface area (Å²) < 4.78 is 22.2. The van der Waals surface area contributed by atoms with E-state index in [0.29, 0.717) is 12.8 Å². The minimum atomic E-state index is -3.16. The number of rotatable bonds is 6. The van der Waals surface area contributed by atoms with Gasteiger partial charge in [0.2, 0.25) is 0 Å². The van der Waals surface area contributed by atoms with Crippen LogP contribution in [0.1, 0.15) is 32.6 Å². The summed E-state index contributed by atoms with van der Waals surface area (Å²) in [6, 6.07) is -1.05. The molecule has 0 radical (unpaired) electrons. The van der Waals surface area contributed by atoms with E-state index in [9.17, 15) is 23.1 Å². The Morgan fingerprint density at radius 3 is 2.30 bits per heavy atom. The SMILES string of the molecule is CC(CS(C)(=O)=O)NC(=O)NCC1(C(=O)O)CCCC1. The van der Waals surface area contributed by atoms with Crippen molar-refractivity contribution < 1.29 is 23.1 Å². The molecule has 0 saturated heterocycles. The molecule has 1 unspecified atom stereocenters. The van der Waals surface area contributed by atoms with Crippen LogP contribution >= 0.6 is 0 Å². The highest BCUT2D eigenvalue weighted by Gasteiger charge is 2.41. The summed E-state index contributed by atoms with van der Waals surface area (Å²) in [6.07, 6.45) is 3.91. The van der Waals surface area contributed by atoms with Crippen LogP contribution in [-0.4, -0.2) is 50.1 Å². The van der Waals surface area contributed by atoms with E-state index in [0.717, 1.165) is 19.1 Å². The molecule has 1 rings (SSSR count). The topological polar surface area (TPSA) is 113 Å². The molecule has 0 spiro atoms. The highest BCUT2D eigenvalue weighted by molar-refractivity contribution is 7.90. The number of carboxylic acids is 1. The lowest BCUT2D eigenvalue weighted by Crippen LogP contribution is -2.48. The Kier molecular flexibility index (Phi) is 5.38. The molecule has 1 atom stereocenters. The van der Waals surface area contributed by atoms with Gasteiger partial charge in [-0.2, -0.15) is 0 Å². The minimum absolute atomic E-state index is 0.0692. The van der Waals surface area contributed by atoms with Crippen molar-refractivity contribution in [3.8, 4) is 0 Å². The molecule has 8 heteroatoms. The third kappa shape index (κ3) is 4.99. The summed E-state index contributed by atoms with van der Waals surface area (Å²) >= 11 is 0. The molecule has 0 heterocycles. The van der Waals surface area contributed by atoms with Gasteiger partial charge in [0.1, 0.15) is 9.84 Å². The minimum Gasteiger partial charge on any atom is -0.481 e. The second-order valence-electron chi connectivity index (χ2n) is 5.61. The maximum Gasteiger partial charge on any atom is 0.315 e. The summed E-state index contributed by atoms with van der Waals surface area (Å²) in [5, 5.41) is 14.3. The number of hydrogen-bond acceptors (Lipinski definition) is 4. The van der Waals surface area contributed by atoms with Crippen molar-refractivity contribution in [3.05, 3.63) is 0 Å². The Balaban J connectivity index is 2.45. The Morgan fingerprint density at radius 1 is 1.30 bits per heavy atom. The van der Waals surface area contributed by atoms with Crippen LogP contribution in [0.4, 0.5) is 4.79 Å². The van der Waals surface area contributed by atoms with Crippen LogP contribution in [-0.2, 0) is 14.6 Å². The van der Waals surface area contributed by atoms with Crippen molar-refractivity contribution >= 4 is 21.8 Å². The fourth-order valence-electron chi connectivity index (χ4n) is 2.54. The summed E-state index contributed by atoms with van der Waals surface area (Å²) in [6.45, 7) is 1.66. The van der Waals surface area contributed by atoms with Crippen LogP contribution in [0.5, 0.6) is 0 Å². The fraction of sp³-hybridized carbons (Fsp3) is 0.833. The Hall–Kier alpha value is -1.31. The maximum atomic E-state index is 11.7. The maximum absolute atomic E-state index is 11.7. The number of carbonyl (C=O) groups is 2. The monoisotopic (exact) mass is 306 g/mol. The van der Waals surface area contributed by atoms with Gasteiger partial charge in [-0.15, -0.1) is 0 Å². The predicted molar refractivity (Wildman–Crippen MR) is 74.2 cm³/mol. The van der Waals surface area contributed by atoms with Crippen LogP contribution in [0.25, 0.3) is 0 Å². The number of amides is 2. The van der Waals surface area contributed by atoms with Gasteiger partial charge in [-0.3, -0.25) is 4.79 Å². The van der Waals surface area contributed by atoms with Crippen LogP contribution in [0.2, 0.25) is 0 Å². The number of nitrogens with one attached hydrogen (secondary N) is 2. The molecule has 7 nitrogen and oxygen atoms in total. The molecular formula is C12H22N2O5S. The van der Waals surface area contributed by atoms with Crippen molar-refractivity contribution in [2.45, 2.75) is 38.6 Å². The Labute approximate surface area is 119 Å². The van der Waals surface area contributed by atoms with E-state index in [2.05, 4.69) is 10.6 Å². The van der Waals surface area contributed by atoms with E-state index < -0.39 is 33.3 Å². The molecule has 0 bridgehead atoms. The zero-order valence-electron chi connectivity index (χ0n) is 11.8. The first-order chi connectivity index (χ1) is 9.15. The smallest absolute Gasteiger partial charge is 0.315 e. The summed E-state index contributed by atoms with van der Waals surface area (Å²) in [7, 11) is -3.16. The van der Waals surface area contributed by atoms with Crippen molar-refractivity contribution in [2.75, 3.05) is 18.6 Å². The molecule has 0 aromatic carbocycles. The average molecular weight is 306 g/mol. The summed E-state index contributed by atoms with van der Waals surface area (Å²) in [5.41, 5.74) is -0.878. The number of aliphatic carboxylic acids is 1. The van der Waals surface area contributed by atoms with Gasteiger partial charge >= 0.3 is 12.0 Å². The van der Waals surface area contributed by atoms with Gasteiger partial charge in [-0.1, -0.05) is 12.8 Å². The number of carbonyl (C=O) groups excluding carboxylic acids is 1. The van der Waals surface area contributed by atoms with Crippen LogP contribution < -0.4 is 10.6 Å². The standard InChI is InChI=1S/C12H22N2O5S/c1-9(7-20(2,18)19)14-11(17)13-8-12(10(15)16)5-3-4-6-12/h9H,3-8H2,1-2H3,(H,15,16)(H2,13,14,17). The van der Waals surface area contributed by atoms with E-state index >= 15 is 0 Å². The molecule has 1 aliphatic rings. The molecule has 1 saturated carbocycles. The van der Waals surface area contributed by atoms with Gasteiger partial charge in [0.15, 0.2) is 0 Å². The third-order valence-electron chi connectivity index (χ3n) is 3.53. The van der Waals surface area contributed by atoms with Crippen LogP contribution in [0.3, 0.4) is 0 Å². The molecule has 116 valence electrons. The van der Waals surface area contributed by atoms with Crippen molar-refractivity contribution in [3.63, 3.8) is 0 Å².